The van der Waals surface area contributed by atoms with Gasteiger partial charge in [-0.1, -0.05) is 24.3 Å². The number of nitrogens with zero attached hydrogens (tertiary/aromatic N) is 3. The third-order valence-electron chi connectivity index (χ3n) is 2.53. The number of aromatic nitrogens is 2. The number of rotatable bonds is 0. The first-order chi connectivity index (χ1) is 7.40. The highest BCUT2D eigenvalue weighted by Crippen LogP contribution is 2.21. The van der Waals surface area contributed by atoms with Crippen LogP contribution in [0.25, 0.3) is 16.3 Å². The average molecular weight is 193 g/mol. The molecule has 3 aromatic rings. The smallest absolute Gasteiger partial charge is 0.103 e. The van der Waals surface area contributed by atoms with Crippen LogP contribution in [0.1, 0.15) is 5.56 Å². The van der Waals surface area contributed by atoms with Crippen molar-refractivity contribution in [3.63, 3.8) is 0 Å². The van der Waals surface area contributed by atoms with Gasteiger partial charge >= 0.3 is 0 Å². The van der Waals surface area contributed by atoms with Gasteiger partial charge in [0.2, 0.25) is 0 Å². The summed E-state index contributed by atoms with van der Waals surface area (Å²) < 4.78 is 1.74. The molecule has 0 N–H and O–H groups in total. The lowest BCUT2D eigenvalue weighted by molar-refractivity contribution is 0.967. The Bertz CT molecular complexity index is 689. The molecule has 1 aromatic carbocycles. The number of nitriles is 1. The molecule has 3 rings (SSSR count). The van der Waals surface area contributed by atoms with Crippen LogP contribution in [0, 0.1) is 11.3 Å². The first-order valence-electron chi connectivity index (χ1n) is 4.65. The number of pyridine rings is 1. The van der Waals surface area contributed by atoms with Gasteiger partial charge in [-0.15, -0.1) is 0 Å². The van der Waals surface area contributed by atoms with Crippen LogP contribution in [0.5, 0.6) is 0 Å². The summed E-state index contributed by atoms with van der Waals surface area (Å²) in [5.74, 6) is 0. The van der Waals surface area contributed by atoms with Gasteiger partial charge in [0.1, 0.15) is 6.07 Å². The Morgan fingerprint density at radius 2 is 2.07 bits per heavy atom. The maximum absolute atomic E-state index is 8.98. The molecule has 2 heterocycles. The fraction of sp³-hybridized carbons (Fsp3) is 0. The highest BCUT2D eigenvalue weighted by atomic mass is 15.2. The van der Waals surface area contributed by atoms with Crippen LogP contribution in [-0.4, -0.2) is 9.61 Å². The van der Waals surface area contributed by atoms with Gasteiger partial charge in [0, 0.05) is 11.6 Å². The minimum Gasteiger partial charge on any atom is -0.239 e. The van der Waals surface area contributed by atoms with Crippen molar-refractivity contribution >= 4 is 16.3 Å². The number of hydrogen-bond donors (Lipinski definition) is 0. The molecular formula is C12H7N3. The van der Waals surface area contributed by atoms with Crippen molar-refractivity contribution in [2.75, 3.05) is 0 Å². The third-order valence-corrected chi connectivity index (χ3v) is 2.53. The van der Waals surface area contributed by atoms with E-state index in [9.17, 15) is 0 Å². The summed E-state index contributed by atoms with van der Waals surface area (Å²) in [6.07, 6.45) is 3.47. The lowest BCUT2D eigenvalue weighted by Crippen LogP contribution is -1.87. The van der Waals surface area contributed by atoms with E-state index in [-0.39, 0.29) is 0 Å². The highest BCUT2D eigenvalue weighted by molar-refractivity contribution is 5.98. The summed E-state index contributed by atoms with van der Waals surface area (Å²) >= 11 is 0. The van der Waals surface area contributed by atoms with Crippen molar-refractivity contribution in [1.82, 2.24) is 9.61 Å². The van der Waals surface area contributed by atoms with Crippen LogP contribution in [0.3, 0.4) is 0 Å². The fourth-order valence-electron chi connectivity index (χ4n) is 1.83. The van der Waals surface area contributed by atoms with Crippen molar-refractivity contribution < 1.29 is 0 Å². The van der Waals surface area contributed by atoms with Gasteiger partial charge in [-0.25, -0.2) is 4.52 Å². The molecule has 0 spiro atoms. The zero-order valence-electron chi connectivity index (χ0n) is 7.88. The Hall–Kier alpha value is -2.34. The first kappa shape index (κ1) is 8.01. The van der Waals surface area contributed by atoms with Crippen LogP contribution < -0.4 is 0 Å². The molecular weight excluding hydrogens is 186 g/mol. The Kier molecular flexibility index (Phi) is 1.51. The van der Waals surface area contributed by atoms with E-state index >= 15 is 0 Å². The number of benzene rings is 1. The van der Waals surface area contributed by atoms with Crippen molar-refractivity contribution in [3.05, 3.63) is 48.3 Å². The molecule has 0 saturated carbocycles. The molecule has 0 saturated heterocycles. The van der Waals surface area contributed by atoms with E-state index in [2.05, 4.69) is 11.2 Å². The zero-order chi connectivity index (χ0) is 10.3. The highest BCUT2D eigenvalue weighted by Gasteiger charge is 2.06. The van der Waals surface area contributed by atoms with E-state index in [0.29, 0.717) is 5.56 Å². The largest absolute Gasteiger partial charge is 0.239 e. The Labute approximate surface area is 86.2 Å². The van der Waals surface area contributed by atoms with Gasteiger partial charge in [0.15, 0.2) is 0 Å². The quantitative estimate of drug-likeness (QED) is 0.550. The lowest BCUT2D eigenvalue weighted by atomic mass is 10.1. The minimum absolute atomic E-state index is 0.617. The zero-order valence-corrected chi connectivity index (χ0v) is 7.88. The molecule has 2 aromatic heterocycles. The summed E-state index contributed by atoms with van der Waals surface area (Å²) in [6, 6.07) is 12.1. The predicted octanol–water partition coefficient (Wildman–Crippen LogP) is 2.36. The van der Waals surface area contributed by atoms with Gasteiger partial charge in [-0.3, -0.25) is 0 Å². The molecule has 70 valence electrons. The second-order valence-electron chi connectivity index (χ2n) is 3.37. The Balaban J connectivity index is 2.63. The molecule has 0 atom stereocenters. The molecule has 0 aliphatic carbocycles. The summed E-state index contributed by atoms with van der Waals surface area (Å²) in [5, 5.41) is 15.3. The van der Waals surface area contributed by atoms with Crippen molar-refractivity contribution in [2.24, 2.45) is 0 Å². The molecule has 3 nitrogen and oxygen atoms in total. The number of fused-ring (bicyclic) bond motifs is 3. The normalized spacial score (nSPS) is 10.6. The average Bonchev–Trinajstić information content (AvgIpc) is 2.72. The predicted molar refractivity (Wildman–Crippen MR) is 57.4 cm³/mol. The van der Waals surface area contributed by atoms with Crippen LogP contribution in [0.4, 0.5) is 0 Å². The van der Waals surface area contributed by atoms with Crippen molar-refractivity contribution in [2.45, 2.75) is 0 Å². The van der Waals surface area contributed by atoms with Crippen LogP contribution in [0.15, 0.2) is 42.7 Å². The monoisotopic (exact) mass is 193 g/mol. The molecule has 0 radical (unpaired) electrons. The van der Waals surface area contributed by atoms with E-state index in [1.54, 1.807) is 10.7 Å². The van der Waals surface area contributed by atoms with Gasteiger partial charge in [0.05, 0.1) is 17.3 Å². The van der Waals surface area contributed by atoms with Crippen LogP contribution >= 0.6 is 0 Å². The number of hydrogen-bond acceptors (Lipinski definition) is 2. The summed E-state index contributed by atoms with van der Waals surface area (Å²) in [6.45, 7) is 0. The summed E-state index contributed by atoms with van der Waals surface area (Å²) in [4.78, 5) is 0. The Morgan fingerprint density at radius 3 is 2.93 bits per heavy atom. The van der Waals surface area contributed by atoms with Gasteiger partial charge in [0.25, 0.3) is 0 Å². The summed E-state index contributed by atoms with van der Waals surface area (Å²) in [7, 11) is 0. The summed E-state index contributed by atoms with van der Waals surface area (Å²) in [5.41, 5.74) is 1.50. The molecule has 0 aliphatic heterocycles. The molecule has 0 amide bonds. The molecule has 15 heavy (non-hydrogen) atoms. The van der Waals surface area contributed by atoms with Crippen molar-refractivity contribution in [1.29, 1.82) is 5.26 Å². The van der Waals surface area contributed by atoms with Crippen LogP contribution in [-0.2, 0) is 0 Å². The molecule has 0 bridgehead atoms. The third kappa shape index (κ3) is 1.02. The van der Waals surface area contributed by atoms with Gasteiger partial charge in [-0.2, -0.15) is 10.4 Å². The van der Waals surface area contributed by atoms with E-state index in [0.717, 1.165) is 16.3 Å². The minimum atomic E-state index is 0.617. The lowest BCUT2D eigenvalue weighted by Gasteiger charge is -1.99. The second-order valence-corrected chi connectivity index (χ2v) is 3.37. The topological polar surface area (TPSA) is 41.1 Å². The van der Waals surface area contributed by atoms with E-state index in [1.807, 2.05) is 36.5 Å². The van der Waals surface area contributed by atoms with Crippen LogP contribution in [0.2, 0.25) is 0 Å². The SMILES string of the molecule is N#Cc1cnn2ccc3ccccc3c12. The Morgan fingerprint density at radius 1 is 1.20 bits per heavy atom. The molecule has 0 aliphatic rings. The first-order valence-corrected chi connectivity index (χ1v) is 4.65. The maximum Gasteiger partial charge on any atom is 0.103 e. The van der Waals surface area contributed by atoms with E-state index in [4.69, 9.17) is 5.26 Å². The second kappa shape index (κ2) is 2.82. The van der Waals surface area contributed by atoms with Crippen molar-refractivity contribution in [3.8, 4) is 6.07 Å². The molecule has 3 heteroatoms. The molecule has 0 fully saturated rings. The van der Waals surface area contributed by atoms with Gasteiger partial charge in [-0.05, 0) is 11.5 Å². The van der Waals surface area contributed by atoms with E-state index < -0.39 is 0 Å². The van der Waals surface area contributed by atoms with E-state index in [1.165, 1.54) is 0 Å². The molecule has 0 unspecified atom stereocenters. The van der Waals surface area contributed by atoms with Gasteiger partial charge < -0.3 is 0 Å². The standard InChI is InChI=1S/C12H7N3/c13-7-10-8-14-15-6-5-9-3-1-2-4-11(9)12(10)15/h1-6,8H. The maximum atomic E-state index is 8.98. The fourth-order valence-corrected chi connectivity index (χ4v) is 1.83.